The molecule has 0 saturated carbocycles. The van der Waals surface area contributed by atoms with Crippen molar-refractivity contribution in [2.24, 2.45) is 5.92 Å². The van der Waals surface area contributed by atoms with Gasteiger partial charge < -0.3 is 10.1 Å². The van der Waals surface area contributed by atoms with Crippen LogP contribution in [0.15, 0.2) is 30.3 Å². The molecule has 2 nitrogen and oxygen atoms in total. The van der Waals surface area contributed by atoms with Crippen LogP contribution in [-0.4, -0.2) is 26.8 Å². The van der Waals surface area contributed by atoms with Crippen LogP contribution in [0.5, 0.6) is 0 Å². The van der Waals surface area contributed by atoms with Crippen molar-refractivity contribution in [1.29, 1.82) is 0 Å². The van der Waals surface area contributed by atoms with Gasteiger partial charge in [0.15, 0.2) is 0 Å². The van der Waals surface area contributed by atoms with Crippen molar-refractivity contribution in [3.63, 3.8) is 0 Å². The quantitative estimate of drug-likeness (QED) is 0.699. The van der Waals surface area contributed by atoms with Crippen LogP contribution in [0.3, 0.4) is 0 Å². The van der Waals surface area contributed by atoms with Crippen LogP contribution in [0.25, 0.3) is 0 Å². The SMILES string of the molecule is COCCCNCC(c1ccccc1)C(C)C. The standard InChI is InChI=1S/C15H25NO/c1-13(2)15(12-16-10-7-11-17-3)14-8-5-4-6-9-14/h4-6,8-9,13,15-16H,7,10-12H2,1-3H3. The van der Waals surface area contributed by atoms with E-state index >= 15 is 0 Å². The van der Waals surface area contributed by atoms with Crippen LogP contribution < -0.4 is 5.32 Å². The Kier molecular flexibility index (Phi) is 6.90. The van der Waals surface area contributed by atoms with E-state index in [1.54, 1.807) is 7.11 Å². The minimum absolute atomic E-state index is 0.596. The highest BCUT2D eigenvalue weighted by Gasteiger charge is 2.14. The molecule has 1 N–H and O–H groups in total. The largest absolute Gasteiger partial charge is 0.385 e. The lowest BCUT2D eigenvalue weighted by molar-refractivity contribution is 0.194. The highest BCUT2D eigenvalue weighted by atomic mass is 16.5. The van der Waals surface area contributed by atoms with Crippen molar-refractivity contribution in [2.45, 2.75) is 26.2 Å². The maximum absolute atomic E-state index is 5.04. The fourth-order valence-electron chi connectivity index (χ4n) is 2.04. The Morgan fingerprint density at radius 3 is 2.47 bits per heavy atom. The molecule has 0 aliphatic rings. The number of nitrogens with one attached hydrogen (secondary N) is 1. The number of hydrogen-bond donors (Lipinski definition) is 1. The zero-order valence-corrected chi connectivity index (χ0v) is 11.3. The molecule has 1 aromatic rings. The summed E-state index contributed by atoms with van der Waals surface area (Å²) in [5.41, 5.74) is 1.43. The van der Waals surface area contributed by atoms with E-state index in [2.05, 4.69) is 49.5 Å². The number of methoxy groups -OCH3 is 1. The molecular weight excluding hydrogens is 210 g/mol. The zero-order valence-electron chi connectivity index (χ0n) is 11.3. The van der Waals surface area contributed by atoms with Crippen LogP contribution in [0.4, 0.5) is 0 Å². The first kappa shape index (κ1) is 14.2. The predicted octanol–water partition coefficient (Wildman–Crippen LogP) is 3.05. The van der Waals surface area contributed by atoms with E-state index in [1.807, 2.05) is 0 Å². The summed E-state index contributed by atoms with van der Waals surface area (Å²) in [5.74, 6) is 1.26. The minimum atomic E-state index is 0.596. The van der Waals surface area contributed by atoms with Gasteiger partial charge in [0.25, 0.3) is 0 Å². The smallest absolute Gasteiger partial charge is 0.0474 e. The van der Waals surface area contributed by atoms with Crippen molar-refractivity contribution in [3.05, 3.63) is 35.9 Å². The third-order valence-electron chi connectivity index (χ3n) is 3.10. The second-order valence-electron chi connectivity index (χ2n) is 4.81. The Balaban J connectivity index is 2.40. The second-order valence-corrected chi connectivity index (χ2v) is 4.81. The average molecular weight is 235 g/mol. The Morgan fingerprint density at radius 2 is 1.88 bits per heavy atom. The molecule has 0 bridgehead atoms. The van der Waals surface area contributed by atoms with Crippen LogP contribution >= 0.6 is 0 Å². The fourth-order valence-corrected chi connectivity index (χ4v) is 2.04. The van der Waals surface area contributed by atoms with Gasteiger partial charge in [-0.3, -0.25) is 0 Å². The van der Waals surface area contributed by atoms with Crippen molar-refractivity contribution < 1.29 is 4.74 Å². The lowest BCUT2D eigenvalue weighted by atomic mass is 9.88. The molecule has 0 aromatic heterocycles. The van der Waals surface area contributed by atoms with Gasteiger partial charge in [-0.1, -0.05) is 44.2 Å². The maximum atomic E-state index is 5.04. The summed E-state index contributed by atoms with van der Waals surface area (Å²) in [5, 5.41) is 3.52. The summed E-state index contributed by atoms with van der Waals surface area (Å²) in [6.07, 6.45) is 1.08. The molecule has 0 spiro atoms. The van der Waals surface area contributed by atoms with Gasteiger partial charge >= 0.3 is 0 Å². The van der Waals surface area contributed by atoms with Crippen LogP contribution in [0.2, 0.25) is 0 Å². The van der Waals surface area contributed by atoms with Crippen molar-refractivity contribution >= 4 is 0 Å². The lowest BCUT2D eigenvalue weighted by Crippen LogP contribution is -2.26. The highest BCUT2D eigenvalue weighted by molar-refractivity contribution is 5.20. The van der Waals surface area contributed by atoms with E-state index in [0.29, 0.717) is 11.8 Å². The molecule has 1 rings (SSSR count). The Bertz CT molecular complexity index is 284. The molecule has 1 unspecified atom stereocenters. The van der Waals surface area contributed by atoms with E-state index in [-0.39, 0.29) is 0 Å². The summed E-state index contributed by atoms with van der Waals surface area (Å²) >= 11 is 0. The molecule has 0 fully saturated rings. The second kappa shape index (κ2) is 8.26. The van der Waals surface area contributed by atoms with Crippen LogP contribution in [0.1, 0.15) is 31.7 Å². The molecule has 0 aliphatic heterocycles. The number of rotatable bonds is 8. The summed E-state index contributed by atoms with van der Waals surface area (Å²) in [6.45, 7) is 7.49. The first-order chi connectivity index (χ1) is 8.25. The summed E-state index contributed by atoms with van der Waals surface area (Å²) in [4.78, 5) is 0. The molecule has 0 heterocycles. The highest BCUT2D eigenvalue weighted by Crippen LogP contribution is 2.23. The van der Waals surface area contributed by atoms with Crippen molar-refractivity contribution in [1.82, 2.24) is 5.32 Å². The summed E-state index contributed by atoms with van der Waals surface area (Å²) in [7, 11) is 1.75. The van der Waals surface area contributed by atoms with Crippen molar-refractivity contribution in [3.8, 4) is 0 Å². The predicted molar refractivity (Wildman–Crippen MR) is 73.4 cm³/mol. The molecule has 0 radical (unpaired) electrons. The van der Waals surface area contributed by atoms with Gasteiger partial charge in [0, 0.05) is 20.3 Å². The zero-order chi connectivity index (χ0) is 12.5. The summed E-state index contributed by atoms with van der Waals surface area (Å²) < 4.78 is 5.04. The third kappa shape index (κ3) is 5.33. The molecule has 2 heteroatoms. The molecule has 1 aromatic carbocycles. The lowest BCUT2D eigenvalue weighted by Gasteiger charge is -2.22. The Morgan fingerprint density at radius 1 is 1.18 bits per heavy atom. The Hall–Kier alpha value is -0.860. The molecule has 0 aliphatic carbocycles. The van der Waals surface area contributed by atoms with Gasteiger partial charge in [-0.05, 0) is 30.4 Å². The molecule has 0 amide bonds. The first-order valence-electron chi connectivity index (χ1n) is 6.50. The van der Waals surface area contributed by atoms with Gasteiger partial charge in [-0.25, -0.2) is 0 Å². The van der Waals surface area contributed by atoms with E-state index in [1.165, 1.54) is 5.56 Å². The van der Waals surface area contributed by atoms with E-state index in [4.69, 9.17) is 4.74 Å². The average Bonchev–Trinajstić information content (AvgIpc) is 2.34. The van der Waals surface area contributed by atoms with Gasteiger partial charge in [0.2, 0.25) is 0 Å². The van der Waals surface area contributed by atoms with E-state index < -0.39 is 0 Å². The molecule has 17 heavy (non-hydrogen) atoms. The topological polar surface area (TPSA) is 21.3 Å². The normalized spacial score (nSPS) is 12.9. The molecule has 0 saturated heterocycles. The van der Waals surface area contributed by atoms with Crippen LogP contribution in [-0.2, 0) is 4.74 Å². The number of ether oxygens (including phenoxy) is 1. The van der Waals surface area contributed by atoms with Crippen LogP contribution in [0, 0.1) is 5.92 Å². The Labute approximate surface area is 105 Å². The van der Waals surface area contributed by atoms with Gasteiger partial charge in [0.1, 0.15) is 0 Å². The van der Waals surface area contributed by atoms with Crippen molar-refractivity contribution in [2.75, 3.05) is 26.8 Å². The van der Waals surface area contributed by atoms with E-state index in [0.717, 1.165) is 26.1 Å². The molecule has 1 atom stereocenters. The minimum Gasteiger partial charge on any atom is -0.385 e. The third-order valence-corrected chi connectivity index (χ3v) is 3.10. The van der Waals surface area contributed by atoms with Gasteiger partial charge in [-0.15, -0.1) is 0 Å². The van der Waals surface area contributed by atoms with Gasteiger partial charge in [-0.2, -0.15) is 0 Å². The van der Waals surface area contributed by atoms with E-state index in [9.17, 15) is 0 Å². The molecule has 96 valence electrons. The van der Waals surface area contributed by atoms with Gasteiger partial charge in [0.05, 0.1) is 0 Å². The monoisotopic (exact) mass is 235 g/mol. The molecular formula is C15H25NO. The summed E-state index contributed by atoms with van der Waals surface area (Å²) in [6, 6.07) is 10.8. The number of benzene rings is 1. The fraction of sp³-hybridized carbons (Fsp3) is 0.600. The maximum Gasteiger partial charge on any atom is 0.0474 e. The number of hydrogen-bond acceptors (Lipinski definition) is 2. The first-order valence-corrected chi connectivity index (χ1v) is 6.50.